The number of halogens is 1. The minimum absolute atomic E-state index is 0.214. The number of benzene rings is 1. The molecule has 2 N–H and O–H groups in total. The lowest BCUT2D eigenvalue weighted by atomic mass is 10.2. The van der Waals surface area contributed by atoms with Crippen LogP contribution in [0.5, 0.6) is 0 Å². The normalized spacial score (nSPS) is 12.0. The maximum atomic E-state index is 13.6. The van der Waals surface area contributed by atoms with Crippen LogP contribution in [0, 0.1) is 12.7 Å². The van der Waals surface area contributed by atoms with Crippen LogP contribution in [0.1, 0.15) is 31.5 Å². The standard InChI is InChI=1S/C16H21FN4/c1-4-11(2)19-16-20-12(3)9-15(21-16)18-10-13-7-5-6-8-14(13)17/h5-9,11H,4,10H2,1-3H3,(H2,18,19,20,21). The Labute approximate surface area is 124 Å². The van der Waals surface area contributed by atoms with E-state index in [4.69, 9.17) is 0 Å². The average Bonchev–Trinajstić information content (AvgIpc) is 2.45. The van der Waals surface area contributed by atoms with Crippen LogP contribution in [-0.2, 0) is 6.54 Å². The van der Waals surface area contributed by atoms with E-state index in [0.717, 1.165) is 12.1 Å². The first-order valence-electron chi connectivity index (χ1n) is 7.18. The molecule has 0 fully saturated rings. The van der Waals surface area contributed by atoms with Gasteiger partial charge >= 0.3 is 0 Å². The molecular weight excluding hydrogens is 267 g/mol. The van der Waals surface area contributed by atoms with Gasteiger partial charge in [-0.2, -0.15) is 4.98 Å². The first kappa shape index (κ1) is 15.2. The van der Waals surface area contributed by atoms with Gasteiger partial charge in [0.15, 0.2) is 0 Å². The summed E-state index contributed by atoms with van der Waals surface area (Å²) in [5.41, 5.74) is 1.48. The number of nitrogens with zero attached hydrogens (tertiary/aromatic N) is 2. The summed E-state index contributed by atoms with van der Waals surface area (Å²) < 4.78 is 13.6. The van der Waals surface area contributed by atoms with Crippen molar-refractivity contribution in [2.45, 2.75) is 39.8 Å². The maximum Gasteiger partial charge on any atom is 0.225 e. The number of hydrogen-bond donors (Lipinski definition) is 2. The minimum atomic E-state index is -0.214. The van der Waals surface area contributed by atoms with Crippen LogP contribution in [-0.4, -0.2) is 16.0 Å². The highest BCUT2D eigenvalue weighted by atomic mass is 19.1. The van der Waals surface area contributed by atoms with Crippen LogP contribution in [0.3, 0.4) is 0 Å². The molecule has 2 aromatic rings. The number of hydrogen-bond acceptors (Lipinski definition) is 4. The third kappa shape index (κ3) is 4.41. The molecule has 2 rings (SSSR count). The van der Waals surface area contributed by atoms with E-state index in [1.807, 2.05) is 19.1 Å². The summed E-state index contributed by atoms with van der Waals surface area (Å²) in [6, 6.07) is 8.88. The molecule has 1 atom stereocenters. The first-order valence-corrected chi connectivity index (χ1v) is 7.18. The van der Waals surface area contributed by atoms with Gasteiger partial charge in [0.2, 0.25) is 5.95 Å². The molecule has 21 heavy (non-hydrogen) atoms. The van der Waals surface area contributed by atoms with E-state index >= 15 is 0 Å². The first-order chi connectivity index (χ1) is 10.1. The fourth-order valence-electron chi connectivity index (χ4n) is 1.87. The monoisotopic (exact) mass is 288 g/mol. The zero-order chi connectivity index (χ0) is 15.2. The Bertz CT molecular complexity index is 601. The van der Waals surface area contributed by atoms with Crippen LogP contribution >= 0.6 is 0 Å². The molecule has 112 valence electrons. The van der Waals surface area contributed by atoms with Gasteiger partial charge in [-0.25, -0.2) is 9.37 Å². The summed E-state index contributed by atoms with van der Waals surface area (Å²) in [4.78, 5) is 8.77. The summed E-state index contributed by atoms with van der Waals surface area (Å²) in [7, 11) is 0. The van der Waals surface area contributed by atoms with Crippen LogP contribution in [0.2, 0.25) is 0 Å². The highest BCUT2D eigenvalue weighted by Crippen LogP contribution is 2.13. The van der Waals surface area contributed by atoms with E-state index < -0.39 is 0 Å². The number of aromatic nitrogens is 2. The minimum Gasteiger partial charge on any atom is -0.366 e. The van der Waals surface area contributed by atoms with Gasteiger partial charge in [-0.15, -0.1) is 0 Å². The molecule has 0 amide bonds. The average molecular weight is 288 g/mol. The fraction of sp³-hybridized carbons (Fsp3) is 0.375. The Hall–Kier alpha value is -2.17. The lowest BCUT2D eigenvalue weighted by Crippen LogP contribution is -2.16. The number of aryl methyl sites for hydroxylation is 1. The molecule has 0 saturated carbocycles. The summed E-state index contributed by atoms with van der Waals surface area (Å²) in [6.07, 6.45) is 0.995. The Kier molecular flexibility index (Phi) is 5.09. The molecule has 0 saturated heterocycles. The van der Waals surface area contributed by atoms with Gasteiger partial charge in [0.25, 0.3) is 0 Å². The highest BCUT2D eigenvalue weighted by molar-refractivity contribution is 5.43. The van der Waals surface area contributed by atoms with Crippen molar-refractivity contribution >= 4 is 11.8 Å². The molecule has 0 bridgehead atoms. The predicted octanol–water partition coefficient (Wildman–Crippen LogP) is 3.75. The second-order valence-corrected chi connectivity index (χ2v) is 5.12. The van der Waals surface area contributed by atoms with E-state index in [0.29, 0.717) is 29.9 Å². The molecule has 0 spiro atoms. The number of rotatable bonds is 6. The summed E-state index contributed by atoms with van der Waals surface area (Å²) in [6.45, 7) is 6.49. The Morgan fingerprint density at radius 2 is 2.00 bits per heavy atom. The molecule has 0 aliphatic carbocycles. The second-order valence-electron chi connectivity index (χ2n) is 5.12. The van der Waals surface area contributed by atoms with Gasteiger partial charge < -0.3 is 10.6 Å². The number of nitrogens with one attached hydrogen (secondary N) is 2. The van der Waals surface area contributed by atoms with Gasteiger partial charge in [-0.3, -0.25) is 0 Å². The molecule has 1 heterocycles. The summed E-state index contributed by atoms with van der Waals surface area (Å²) >= 11 is 0. The van der Waals surface area contributed by atoms with Gasteiger partial charge in [-0.05, 0) is 26.3 Å². The zero-order valence-corrected chi connectivity index (χ0v) is 12.7. The quantitative estimate of drug-likeness (QED) is 0.850. The molecule has 1 unspecified atom stereocenters. The summed E-state index contributed by atoms with van der Waals surface area (Å²) in [5.74, 6) is 1.07. The van der Waals surface area contributed by atoms with Crippen molar-refractivity contribution in [3.8, 4) is 0 Å². The Balaban J connectivity index is 2.08. The third-order valence-corrected chi connectivity index (χ3v) is 3.26. The third-order valence-electron chi connectivity index (χ3n) is 3.26. The van der Waals surface area contributed by atoms with E-state index in [9.17, 15) is 4.39 Å². The summed E-state index contributed by atoms with van der Waals surface area (Å²) in [5, 5.41) is 6.39. The predicted molar refractivity (Wildman–Crippen MR) is 83.9 cm³/mol. The lowest BCUT2D eigenvalue weighted by molar-refractivity contribution is 0.613. The lowest BCUT2D eigenvalue weighted by Gasteiger charge is -2.13. The Morgan fingerprint density at radius 1 is 1.24 bits per heavy atom. The fourth-order valence-corrected chi connectivity index (χ4v) is 1.87. The molecule has 0 aliphatic rings. The van der Waals surface area contributed by atoms with Crippen LogP contribution in [0.15, 0.2) is 30.3 Å². The van der Waals surface area contributed by atoms with Crippen LogP contribution in [0.4, 0.5) is 16.2 Å². The van der Waals surface area contributed by atoms with Crippen LogP contribution < -0.4 is 10.6 Å². The topological polar surface area (TPSA) is 49.8 Å². The smallest absolute Gasteiger partial charge is 0.225 e. The van der Waals surface area contributed by atoms with Crippen molar-refractivity contribution in [1.82, 2.24) is 9.97 Å². The maximum absolute atomic E-state index is 13.6. The molecule has 0 aliphatic heterocycles. The van der Waals surface area contributed by atoms with E-state index in [1.165, 1.54) is 6.07 Å². The van der Waals surface area contributed by atoms with Crippen molar-refractivity contribution in [3.05, 3.63) is 47.4 Å². The van der Waals surface area contributed by atoms with Gasteiger partial charge in [0.05, 0.1) is 0 Å². The van der Waals surface area contributed by atoms with Crippen molar-refractivity contribution in [1.29, 1.82) is 0 Å². The van der Waals surface area contributed by atoms with Gasteiger partial charge in [0.1, 0.15) is 11.6 Å². The van der Waals surface area contributed by atoms with E-state index in [-0.39, 0.29) is 5.82 Å². The molecule has 1 aromatic heterocycles. The number of anilines is 2. The molecule has 5 heteroatoms. The molecule has 0 radical (unpaired) electrons. The highest BCUT2D eigenvalue weighted by Gasteiger charge is 2.06. The van der Waals surface area contributed by atoms with Gasteiger partial charge in [-0.1, -0.05) is 25.1 Å². The molecule has 1 aromatic carbocycles. The van der Waals surface area contributed by atoms with Crippen LogP contribution in [0.25, 0.3) is 0 Å². The van der Waals surface area contributed by atoms with Gasteiger partial charge in [0, 0.05) is 29.9 Å². The van der Waals surface area contributed by atoms with Crippen molar-refractivity contribution in [2.24, 2.45) is 0 Å². The van der Waals surface area contributed by atoms with Crippen molar-refractivity contribution in [2.75, 3.05) is 10.6 Å². The SMILES string of the molecule is CCC(C)Nc1nc(C)cc(NCc2ccccc2F)n1. The second kappa shape index (κ2) is 7.02. The van der Waals surface area contributed by atoms with Crippen molar-refractivity contribution in [3.63, 3.8) is 0 Å². The largest absolute Gasteiger partial charge is 0.366 e. The Morgan fingerprint density at radius 3 is 2.71 bits per heavy atom. The zero-order valence-electron chi connectivity index (χ0n) is 12.7. The van der Waals surface area contributed by atoms with E-state index in [1.54, 1.807) is 12.1 Å². The molecular formula is C16H21FN4. The van der Waals surface area contributed by atoms with Crippen molar-refractivity contribution < 1.29 is 4.39 Å². The van der Waals surface area contributed by atoms with E-state index in [2.05, 4.69) is 34.4 Å². The molecule has 4 nitrogen and oxygen atoms in total.